The number of likely N-dealkylation sites (tertiary alicyclic amines) is 1. The summed E-state index contributed by atoms with van der Waals surface area (Å²) in [7, 11) is 7.61. The lowest BCUT2D eigenvalue weighted by Gasteiger charge is -2.39. The van der Waals surface area contributed by atoms with Gasteiger partial charge in [-0.25, -0.2) is 0 Å². The predicted molar refractivity (Wildman–Crippen MR) is 240 cm³/mol. The lowest BCUT2D eigenvalue weighted by atomic mass is 9.98. The first-order valence-corrected chi connectivity index (χ1v) is 22.1. The topological polar surface area (TPSA) is 170 Å². The van der Waals surface area contributed by atoms with E-state index in [-0.39, 0.29) is 25.8 Å². The van der Waals surface area contributed by atoms with Gasteiger partial charge in [0, 0.05) is 53.5 Å². The first-order chi connectivity index (χ1) is 30.6. The van der Waals surface area contributed by atoms with Crippen molar-refractivity contribution in [2.24, 2.45) is 0 Å². The number of ether oxygens (including phenoxy) is 3. The number of benzene rings is 3. The van der Waals surface area contributed by atoms with E-state index in [0.717, 1.165) is 37.9 Å². The Morgan fingerprint density at radius 2 is 1.23 bits per heavy atom. The normalized spacial score (nSPS) is 24.7. The molecule has 7 rings (SSSR count). The number of amides is 6. The number of carbonyl (C=O) groups is 6. The van der Waals surface area contributed by atoms with E-state index in [0.29, 0.717) is 40.7 Å². The van der Waals surface area contributed by atoms with Crippen LogP contribution in [-0.4, -0.2) is 158 Å². The van der Waals surface area contributed by atoms with E-state index in [4.69, 9.17) is 14.2 Å². The van der Waals surface area contributed by atoms with E-state index in [1.54, 1.807) is 87.7 Å². The van der Waals surface area contributed by atoms with Gasteiger partial charge in [-0.2, -0.15) is 0 Å². The third kappa shape index (κ3) is 11.0. The van der Waals surface area contributed by atoms with E-state index in [9.17, 15) is 28.8 Å². The smallest absolute Gasteiger partial charge is 0.246 e. The second-order valence-corrected chi connectivity index (χ2v) is 17.2. The number of fused-ring (bicyclic) bond motifs is 2. The maximum atomic E-state index is 14.9. The van der Waals surface area contributed by atoms with Crippen molar-refractivity contribution in [3.63, 3.8) is 0 Å². The second kappa shape index (κ2) is 21.0. The summed E-state index contributed by atoms with van der Waals surface area (Å²) in [5, 5.41) is 5.75. The van der Waals surface area contributed by atoms with Crippen LogP contribution in [0.25, 0.3) is 0 Å². The molecule has 6 atom stereocenters. The molecular formula is C48H63N7O9. The predicted octanol–water partition coefficient (Wildman–Crippen LogP) is 3.04. The van der Waals surface area contributed by atoms with Crippen LogP contribution in [0.2, 0.25) is 0 Å². The Morgan fingerprint density at radius 1 is 0.625 bits per heavy atom. The summed E-state index contributed by atoms with van der Waals surface area (Å²) in [5.41, 5.74) is 2.07. The van der Waals surface area contributed by atoms with Crippen molar-refractivity contribution in [3.8, 4) is 23.0 Å². The van der Waals surface area contributed by atoms with Crippen LogP contribution < -0.4 is 24.8 Å². The highest BCUT2D eigenvalue weighted by Crippen LogP contribution is 2.34. The molecule has 3 aromatic carbocycles. The zero-order chi connectivity index (χ0) is 46.2. The average Bonchev–Trinajstić information content (AvgIpc) is 3.30. The first-order valence-electron chi connectivity index (χ1n) is 22.1. The maximum Gasteiger partial charge on any atom is 0.246 e. The summed E-state index contributed by atoms with van der Waals surface area (Å²) in [6.45, 7) is 7.14. The van der Waals surface area contributed by atoms with Crippen LogP contribution in [-0.2, 0) is 48.0 Å². The molecule has 6 bridgehead atoms. The molecular weight excluding hydrogens is 819 g/mol. The van der Waals surface area contributed by atoms with Gasteiger partial charge in [0.15, 0.2) is 11.5 Å². The van der Waals surface area contributed by atoms with Crippen molar-refractivity contribution in [3.05, 3.63) is 83.4 Å². The number of methoxy groups -OCH3 is 2. The fourth-order valence-corrected chi connectivity index (χ4v) is 8.73. The Hall–Kier alpha value is -6.16. The van der Waals surface area contributed by atoms with Crippen LogP contribution in [0.5, 0.6) is 23.0 Å². The van der Waals surface area contributed by atoms with Crippen LogP contribution >= 0.6 is 0 Å². The zero-order valence-electron chi connectivity index (χ0n) is 38.3. The van der Waals surface area contributed by atoms with Gasteiger partial charge in [0.05, 0.1) is 14.2 Å². The van der Waals surface area contributed by atoms with E-state index < -0.39 is 71.7 Å². The van der Waals surface area contributed by atoms with Gasteiger partial charge in [-0.15, -0.1) is 0 Å². The highest BCUT2D eigenvalue weighted by molar-refractivity contribution is 5.98. The molecule has 6 amide bonds. The number of rotatable bonds is 7. The fourth-order valence-electron chi connectivity index (χ4n) is 8.73. The van der Waals surface area contributed by atoms with Gasteiger partial charge in [0.2, 0.25) is 35.4 Å². The zero-order valence-corrected chi connectivity index (χ0v) is 38.3. The van der Waals surface area contributed by atoms with E-state index >= 15 is 0 Å². The number of hydrogen-bond donors (Lipinski definition) is 2. The standard InChI is InChI=1S/C48H63N7O9/c1-30-45(58)53(6)40-27-34-14-19-37(20-15-34)64-42-29-35(16-21-41(42)63-8)28-39(52(5)48(40)61)44(57)50-31(2)46(59)55(25-24-54-22-10-9-11-23-54)32(3)47(60)51(4)38(43(56)49-30)26-33-12-17-36(62-7)18-13-33/h12-21,29-32,38-40H,9-11,22-28H2,1-8H3,(H,49,56)(H,50,57)/t30-,31+,32-,38-,39-,40-/m0/s1. The number of nitrogens with one attached hydrogen (secondary N) is 2. The molecule has 0 radical (unpaired) electrons. The van der Waals surface area contributed by atoms with Crippen molar-refractivity contribution in [1.29, 1.82) is 0 Å². The van der Waals surface area contributed by atoms with Gasteiger partial charge in [0.1, 0.15) is 47.8 Å². The van der Waals surface area contributed by atoms with Gasteiger partial charge in [-0.05, 0) is 99.8 Å². The third-order valence-electron chi connectivity index (χ3n) is 12.8. The number of likely N-dealkylation sites (N-methyl/N-ethyl adjacent to an activating group) is 3. The van der Waals surface area contributed by atoms with Crippen LogP contribution in [0.4, 0.5) is 0 Å². The van der Waals surface area contributed by atoms with Gasteiger partial charge < -0.3 is 49.3 Å². The third-order valence-corrected chi connectivity index (χ3v) is 12.8. The molecule has 2 N–H and O–H groups in total. The van der Waals surface area contributed by atoms with Crippen molar-refractivity contribution >= 4 is 35.4 Å². The molecule has 0 aromatic heterocycles. The summed E-state index contributed by atoms with van der Waals surface area (Å²) < 4.78 is 17.2. The lowest BCUT2D eigenvalue weighted by molar-refractivity contribution is -0.151. The number of hydrogen-bond acceptors (Lipinski definition) is 10. The minimum absolute atomic E-state index is 0.0116. The summed E-state index contributed by atoms with van der Waals surface area (Å²) in [6, 6.07) is 12.8. The van der Waals surface area contributed by atoms with Gasteiger partial charge in [-0.3, -0.25) is 28.8 Å². The first kappa shape index (κ1) is 47.3. The van der Waals surface area contributed by atoms with E-state index in [1.807, 2.05) is 0 Å². The molecule has 2 fully saturated rings. The monoisotopic (exact) mass is 881 g/mol. The summed E-state index contributed by atoms with van der Waals surface area (Å²) in [4.78, 5) is 95.6. The molecule has 0 spiro atoms. The Morgan fingerprint density at radius 3 is 1.89 bits per heavy atom. The van der Waals surface area contributed by atoms with Crippen molar-refractivity contribution < 1.29 is 43.0 Å². The maximum absolute atomic E-state index is 14.9. The molecule has 2 saturated heterocycles. The average molecular weight is 882 g/mol. The summed E-state index contributed by atoms with van der Waals surface area (Å²) in [6.07, 6.45) is 3.33. The molecule has 3 aromatic rings. The lowest BCUT2D eigenvalue weighted by Crippen LogP contribution is -2.62. The summed E-state index contributed by atoms with van der Waals surface area (Å²) >= 11 is 0. The highest BCUT2D eigenvalue weighted by Gasteiger charge is 2.41. The van der Waals surface area contributed by atoms with Gasteiger partial charge in [0.25, 0.3) is 0 Å². The van der Waals surface area contributed by atoms with Crippen molar-refractivity contribution in [2.45, 2.75) is 95.5 Å². The molecule has 4 aliphatic heterocycles. The minimum atomic E-state index is -1.17. The molecule has 16 heteroatoms. The largest absolute Gasteiger partial charge is 0.497 e. The van der Waals surface area contributed by atoms with Crippen LogP contribution in [0.3, 0.4) is 0 Å². The Bertz CT molecular complexity index is 2160. The van der Waals surface area contributed by atoms with Crippen LogP contribution in [0, 0.1) is 0 Å². The highest BCUT2D eigenvalue weighted by atomic mass is 16.5. The molecule has 4 aliphatic rings. The molecule has 344 valence electrons. The van der Waals surface area contributed by atoms with E-state index in [2.05, 4.69) is 15.5 Å². The Balaban J connectivity index is 1.44. The fraction of sp³-hybridized carbons (Fsp3) is 0.500. The SMILES string of the molecule is COc1ccc(C[C@H]2C(=O)N[C@@H](C)C(=O)N(C)[C@H]3Cc4ccc(cc4)Oc4cc(ccc4OC)C[C@@H](C(=O)N[C@H](C)C(=O)N(CCN4CCCCC4)[C@@H](C)C(=O)N2C)N(C)C3=O)cc1. The molecule has 64 heavy (non-hydrogen) atoms. The Kier molecular flexibility index (Phi) is 15.5. The van der Waals surface area contributed by atoms with Crippen LogP contribution in [0.15, 0.2) is 66.7 Å². The van der Waals surface area contributed by atoms with Crippen molar-refractivity contribution in [1.82, 2.24) is 35.1 Å². The minimum Gasteiger partial charge on any atom is -0.497 e. The van der Waals surface area contributed by atoms with Crippen molar-refractivity contribution in [2.75, 3.05) is 61.5 Å². The number of nitrogens with zero attached hydrogens (tertiary/aromatic N) is 5. The van der Waals surface area contributed by atoms with Gasteiger partial charge in [-0.1, -0.05) is 36.8 Å². The molecule has 0 saturated carbocycles. The van der Waals surface area contributed by atoms with E-state index in [1.165, 1.54) is 54.8 Å². The number of carbonyl (C=O) groups excluding carboxylic acids is 6. The Labute approximate surface area is 376 Å². The summed E-state index contributed by atoms with van der Waals surface area (Å²) in [5.74, 6) is -1.28. The number of piperidine rings is 1. The quantitative estimate of drug-likeness (QED) is 0.360. The second-order valence-electron chi connectivity index (χ2n) is 17.2. The molecule has 0 unspecified atom stereocenters. The molecule has 4 heterocycles. The van der Waals surface area contributed by atoms with Gasteiger partial charge >= 0.3 is 0 Å². The van der Waals surface area contributed by atoms with Crippen LogP contribution in [0.1, 0.15) is 56.7 Å². The molecule has 0 aliphatic carbocycles. The molecule has 16 nitrogen and oxygen atoms in total.